The van der Waals surface area contributed by atoms with Crippen LogP contribution in [0.4, 0.5) is 0 Å². The molecule has 0 aromatic heterocycles. The van der Waals surface area contributed by atoms with Crippen molar-refractivity contribution >= 4 is 22.8 Å². The van der Waals surface area contributed by atoms with Crippen molar-refractivity contribution in [3.05, 3.63) is 96.1 Å². The van der Waals surface area contributed by atoms with Crippen molar-refractivity contribution in [3.8, 4) is 0 Å². The Kier molecular flexibility index (Phi) is 8.73. The van der Waals surface area contributed by atoms with Crippen LogP contribution in [0.1, 0.15) is 46.4 Å². The Morgan fingerprint density at radius 2 is 1.19 bits per heavy atom. The summed E-state index contributed by atoms with van der Waals surface area (Å²) >= 11 is 0. The molecule has 0 fully saturated rings. The van der Waals surface area contributed by atoms with Gasteiger partial charge in [-0.1, -0.05) is 48.5 Å². The summed E-state index contributed by atoms with van der Waals surface area (Å²) in [5.41, 5.74) is 0.0751. The van der Waals surface area contributed by atoms with E-state index in [0.717, 1.165) is 31.4 Å². The SMILES string of the molecule is O=C(O)c1ccccc1C(=O)OCCCCCC[S+](c1ccccc1)c1ccccc1. The van der Waals surface area contributed by atoms with Gasteiger partial charge in [0, 0.05) is 0 Å². The lowest BCUT2D eigenvalue weighted by atomic mass is 10.1. The van der Waals surface area contributed by atoms with Crippen LogP contribution in [0.5, 0.6) is 0 Å². The van der Waals surface area contributed by atoms with E-state index in [1.165, 1.54) is 21.9 Å². The molecule has 3 aromatic carbocycles. The predicted molar refractivity (Wildman–Crippen MR) is 124 cm³/mol. The van der Waals surface area contributed by atoms with E-state index in [0.29, 0.717) is 6.61 Å². The summed E-state index contributed by atoms with van der Waals surface area (Å²) in [6.07, 6.45) is 3.90. The molecule has 0 saturated carbocycles. The molecule has 5 heteroatoms. The monoisotopic (exact) mass is 435 g/mol. The number of carboxylic acid groups (broad SMARTS) is 1. The Morgan fingerprint density at radius 1 is 0.677 bits per heavy atom. The third kappa shape index (κ3) is 6.72. The van der Waals surface area contributed by atoms with E-state index in [1.54, 1.807) is 12.1 Å². The van der Waals surface area contributed by atoms with Crippen molar-refractivity contribution in [2.45, 2.75) is 35.5 Å². The highest BCUT2D eigenvalue weighted by Crippen LogP contribution is 2.24. The highest BCUT2D eigenvalue weighted by Gasteiger charge is 2.24. The predicted octanol–water partition coefficient (Wildman–Crippen LogP) is 5.84. The Morgan fingerprint density at radius 3 is 1.77 bits per heavy atom. The third-order valence-corrected chi connectivity index (χ3v) is 7.29. The Hall–Kier alpha value is -3.05. The molecule has 4 nitrogen and oxygen atoms in total. The third-order valence-electron chi connectivity index (χ3n) is 4.91. The Bertz CT molecular complexity index is 933. The topological polar surface area (TPSA) is 63.6 Å². The van der Waals surface area contributed by atoms with Gasteiger partial charge in [0.15, 0.2) is 9.79 Å². The maximum absolute atomic E-state index is 12.2. The van der Waals surface area contributed by atoms with Crippen LogP contribution in [0, 0.1) is 0 Å². The molecule has 160 valence electrons. The average Bonchev–Trinajstić information content (AvgIpc) is 2.82. The summed E-state index contributed by atoms with van der Waals surface area (Å²) in [5, 5.41) is 9.19. The molecule has 0 saturated heterocycles. The van der Waals surface area contributed by atoms with Gasteiger partial charge in [0.1, 0.15) is 5.75 Å². The van der Waals surface area contributed by atoms with Gasteiger partial charge in [0.05, 0.1) is 28.6 Å². The van der Waals surface area contributed by atoms with Crippen molar-refractivity contribution in [2.75, 3.05) is 12.4 Å². The molecule has 0 radical (unpaired) electrons. The van der Waals surface area contributed by atoms with E-state index in [1.807, 2.05) is 12.1 Å². The number of carboxylic acids is 1. The summed E-state index contributed by atoms with van der Waals surface area (Å²) < 4.78 is 5.28. The van der Waals surface area contributed by atoms with Crippen molar-refractivity contribution in [1.29, 1.82) is 0 Å². The van der Waals surface area contributed by atoms with Crippen LogP contribution in [-0.2, 0) is 15.6 Å². The lowest BCUT2D eigenvalue weighted by Crippen LogP contribution is -2.12. The molecule has 3 aromatic rings. The number of hydrogen-bond acceptors (Lipinski definition) is 3. The van der Waals surface area contributed by atoms with E-state index >= 15 is 0 Å². The highest BCUT2D eigenvalue weighted by atomic mass is 32.2. The first-order valence-electron chi connectivity index (χ1n) is 10.5. The van der Waals surface area contributed by atoms with E-state index in [9.17, 15) is 14.7 Å². The zero-order chi connectivity index (χ0) is 21.9. The van der Waals surface area contributed by atoms with Crippen LogP contribution >= 0.6 is 0 Å². The summed E-state index contributed by atoms with van der Waals surface area (Å²) in [6.45, 7) is 0.301. The van der Waals surface area contributed by atoms with Crippen molar-refractivity contribution in [1.82, 2.24) is 0 Å². The van der Waals surface area contributed by atoms with Gasteiger partial charge in [-0.2, -0.15) is 0 Å². The van der Waals surface area contributed by atoms with E-state index in [-0.39, 0.29) is 22.0 Å². The van der Waals surface area contributed by atoms with Crippen molar-refractivity contribution in [2.24, 2.45) is 0 Å². The van der Waals surface area contributed by atoms with Gasteiger partial charge in [0.25, 0.3) is 0 Å². The van der Waals surface area contributed by atoms with E-state index in [4.69, 9.17) is 4.74 Å². The number of carbonyl (C=O) groups excluding carboxylic acids is 1. The van der Waals surface area contributed by atoms with Crippen LogP contribution < -0.4 is 0 Å². The minimum Gasteiger partial charge on any atom is -0.478 e. The maximum Gasteiger partial charge on any atom is 0.339 e. The molecule has 3 rings (SSSR count). The maximum atomic E-state index is 12.2. The average molecular weight is 436 g/mol. The summed E-state index contributed by atoms with van der Waals surface area (Å²) in [4.78, 5) is 26.1. The van der Waals surface area contributed by atoms with Gasteiger partial charge in [-0.15, -0.1) is 0 Å². The number of aromatic carboxylic acids is 1. The molecule has 0 aliphatic heterocycles. The molecule has 0 bridgehead atoms. The molecule has 0 unspecified atom stereocenters. The van der Waals surface area contributed by atoms with Crippen molar-refractivity contribution in [3.63, 3.8) is 0 Å². The van der Waals surface area contributed by atoms with Crippen LogP contribution in [0.3, 0.4) is 0 Å². The van der Waals surface area contributed by atoms with Crippen LogP contribution in [0.15, 0.2) is 94.7 Å². The molecular weight excluding hydrogens is 408 g/mol. The lowest BCUT2D eigenvalue weighted by molar-refractivity contribution is 0.0487. The van der Waals surface area contributed by atoms with Gasteiger partial charge in [-0.25, -0.2) is 9.59 Å². The quantitative estimate of drug-likeness (QED) is 0.233. The number of unbranched alkanes of at least 4 members (excludes halogenated alkanes) is 3. The fraction of sp³-hybridized carbons (Fsp3) is 0.231. The number of esters is 1. The smallest absolute Gasteiger partial charge is 0.339 e. The van der Waals surface area contributed by atoms with Gasteiger partial charge in [-0.3, -0.25) is 0 Å². The molecule has 0 heterocycles. The van der Waals surface area contributed by atoms with Gasteiger partial charge in [-0.05, 0) is 62.1 Å². The lowest BCUT2D eigenvalue weighted by Gasteiger charge is -2.09. The molecular formula is C26H27O4S+. The fourth-order valence-electron chi connectivity index (χ4n) is 3.33. The first-order chi connectivity index (χ1) is 15.2. The van der Waals surface area contributed by atoms with Crippen LogP contribution in [0.25, 0.3) is 0 Å². The second-order valence-corrected chi connectivity index (χ2v) is 9.25. The summed E-state index contributed by atoms with van der Waals surface area (Å²) in [6, 6.07) is 27.4. The summed E-state index contributed by atoms with van der Waals surface area (Å²) in [7, 11) is 0.0611. The zero-order valence-corrected chi connectivity index (χ0v) is 18.2. The number of rotatable bonds is 11. The summed E-state index contributed by atoms with van der Waals surface area (Å²) in [5.74, 6) is -0.604. The number of carbonyl (C=O) groups is 2. The normalized spacial score (nSPS) is 10.7. The molecule has 0 aliphatic rings. The highest BCUT2D eigenvalue weighted by molar-refractivity contribution is 7.97. The minimum atomic E-state index is -1.13. The van der Waals surface area contributed by atoms with Gasteiger partial charge < -0.3 is 9.84 Å². The largest absolute Gasteiger partial charge is 0.478 e. The second kappa shape index (κ2) is 12.0. The first kappa shape index (κ1) is 22.6. The first-order valence-corrected chi connectivity index (χ1v) is 11.9. The molecule has 0 atom stereocenters. The van der Waals surface area contributed by atoms with Crippen molar-refractivity contribution < 1.29 is 19.4 Å². The molecule has 1 N–H and O–H groups in total. The van der Waals surface area contributed by atoms with E-state index < -0.39 is 11.9 Å². The van der Waals surface area contributed by atoms with E-state index in [2.05, 4.69) is 48.5 Å². The molecule has 0 amide bonds. The number of hydrogen-bond donors (Lipinski definition) is 1. The molecule has 0 aliphatic carbocycles. The van der Waals surface area contributed by atoms with Crippen LogP contribution in [-0.4, -0.2) is 29.4 Å². The number of ether oxygens (including phenoxy) is 1. The standard InChI is InChI=1S/C26H26O4S/c27-25(28)23-17-9-10-18-24(23)26(29)30-19-11-1-2-12-20-31(21-13-5-3-6-14-21)22-15-7-4-8-16-22/h3-10,13-18H,1-2,11-12,19-20H2/p+1. The van der Waals surface area contributed by atoms with Gasteiger partial charge in [0.2, 0.25) is 0 Å². The number of benzene rings is 3. The Balaban J connectivity index is 1.42. The Labute approximate surface area is 186 Å². The van der Waals surface area contributed by atoms with Gasteiger partial charge >= 0.3 is 11.9 Å². The second-order valence-electron chi connectivity index (χ2n) is 7.12. The van der Waals surface area contributed by atoms with Crippen LogP contribution in [0.2, 0.25) is 0 Å². The molecule has 31 heavy (non-hydrogen) atoms. The molecule has 0 spiro atoms. The fourth-order valence-corrected chi connectivity index (χ4v) is 5.54. The minimum absolute atomic E-state index is 0.0265. The zero-order valence-electron chi connectivity index (χ0n) is 17.4.